The van der Waals surface area contributed by atoms with Crippen LogP contribution in [-0.2, 0) is 17.9 Å². The van der Waals surface area contributed by atoms with E-state index in [-0.39, 0.29) is 29.3 Å². The van der Waals surface area contributed by atoms with Crippen LogP contribution in [0.4, 0.5) is 15.2 Å². The Kier molecular flexibility index (Phi) is 6.10. The molecule has 0 unspecified atom stereocenters. The summed E-state index contributed by atoms with van der Waals surface area (Å²) in [5.41, 5.74) is -0.447. The summed E-state index contributed by atoms with van der Waals surface area (Å²) in [4.78, 5) is 45.2. The van der Waals surface area contributed by atoms with Gasteiger partial charge in [-0.25, -0.2) is 14.2 Å². The van der Waals surface area contributed by atoms with Crippen LogP contribution in [0.5, 0.6) is 0 Å². The standard InChI is InChI=1S/C20H21ClFN5O3S/c1-2-7-26-18(29)16-17(24-19(31-16)25-8-3-4-9-25)27(20(26)30)11-15(28)23-12-5-6-14(22)13(21)10-12/h5-6,10H,2-4,7-9,11H2,1H3,(H,23,28). The van der Waals surface area contributed by atoms with Crippen LogP contribution in [0.3, 0.4) is 0 Å². The van der Waals surface area contributed by atoms with Crippen molar-refractivity contribution in [2.24, 2.45) is 0 Å². The van der Waals surface area contributed by atoms with Gasteiger partial charge in [0.2, 0.25) is 5.91 Å². The minimum absolute atomic E-state index is 0.122. The summed E-state index contributed by atoms with van der Waals surface area (Å²) < 4.78 is 16.1. The Labute approximate surface area is 185 Å². The molecule has 1 N–H and O–H groups in total. The van der Waals surface area contributed by atoms with Crippen LogP contribution in [0.25, 0.3) is 10.3 Å². The largest absolute Gasteiger partial charge is 0.348 e. The fourth-order valence-corrected chi connectivity index (χ4v) is 4.85. The summed E-state index contributed by atoms with van der Waals surface area (Å²) in [7, 11) is 0. The van der Waals surface area contributed by atoms with Gasteiger partial charge in [-0.3, -0.25) is 18.7 Å². The predicted molar refractivity (Wildman–Crippen MR) is 120 cm³/mol. The summed E-state index contributed by atoms with van der Waals surface area (Å²) in [6.07, 6.45) is 2.69. The molecule has 0 spiro atoms. The van der Waals surface area contributed by atoms with E-state index in [1.165, 1.54) is 28.0 Å². The molecule has 1 fully saturated rings. The van der Waals surface area contributed by atoms with Gasteiger partial charge in [-0.1, -0.05) is 29.9 Å². The number of thiazole rings is 1. The molecule has 11 heteroatoms. The maximum Gasteiger partial charge on any atom is 0.333 e. The third-order valence-corrected chi connectivity index (χ3v) is 6.47. The van der Waals surface area contributed by atoms with E-state index < -0.39 is 17.4 Å². The Balaban J connectivity index is 1.73. The molecule has 0 atom stereocenters. The molecular formula is C20H21ClFN5O3S. The van der Waals surface area contributed by atoms with Crippen LogP contribution in [0.15, 0.2) is 27.8 Å². The van der Waals surface area contributed by atoms with E-state index in [4.69, 9.17) is 11.6 Å². The first-order chi connectivity index (χ1) is 14.9. The van der Waals surface area contributed by atoms with Gasteiger partial charge in [-0.05, 0) is 37.5 Å². The van der Waals surface area contributed by atoms with Crippen molar-refractivity contribution in [2.75, 3.05) is 23.3 Å². The second-order valence-electron chi connectivity index (χ2n) is 7.35. The van der Waals surface area contributed by atoms with Gasteiger partial charge >= 0.3 is 5.69 Å². The van der Waals surface area contributed by atoms with Crippen LogP contribution in [-0.4, -0.2) is 33.1 Å². The van der Waals surface area contributed by atoms with E-state index in [9.17, 15) is 18.8 Å². The summed E-state index contributed by atoms with van der Waals surface area (Å²) in [6.45, 7) is 3.48. The number of aromatic nitrogens is 3. The molecule has 1 aliphatic rings. The minimum atomic E-state index is -0.596. The number of nitrogens with zero attached hydrogens (tertiary/aromatic N) is 4. The fourth-order valence-electron chi connectivity index (χ4n) is 3.59. The first kappa shape index (κ1) is 21.5. The molecule has 3 aromatic rings. The molecular weight excluding hydrogens is 445 g/mol. The Morgan fingerprint density at radius 1 is 1.26 bits per heavy atom. The van der Waals surface area contributed by atoms with Gasteiger partial charge in [0.25, 0.3) is 5.56 Å². The van der Waals surface area contributed by atoms with Crippen LogP contribution in [0.1, 0.15) is 26.2 Å². The van der Waals surface area contributed by atoms with Crippen LogP contribution >= 0.6 is 22.9 Å². The van der Waals surface area contributed by atoms with E-state index in [0.29, 0.717) is 21.9 Å². The molecule has 1 aliphatic heterocycles. The number of carbonyl (C=O) groups is 1. The number of nitrogens with one attached hydrogen (secondary N) is 1. The van der Waals surface area contributed by atoms with Gasteiger partial charge in [0, 0.05) is 25.3 Å². The highest BCUT2D eigenvalue weighted by Gasteiger charge is 2.23. The normalized spacial score (nSPS) is 13.8. The fraction of sp³-hybridized carbons (Fsp3) is 0.400. The van der Waals surface area contributed by atoms with Crippen molar-refractivity contribution >= 4 is 50.0 Å². The molecule has 2 aromatic heterocycles. The first-order valence-corrected chi connectivity index (χ1v) is 11.2. The summed E-state index contributed by atoms with van der Waals surface area (Å²) >= 11 is 7.02. The lowest BCUT2D eigenvalue weighted by atomic mass is 10.3. The molecule has 1 saturated heterocycles. The zero-order chi connectivity index (χ0) is 22.1. The summed E-state index contributed by atoms with van der Waals surface area (Å²) in [6, 6.07) is 3.82. The Morgan fingerprint density at radius 3 is 2.68 bits per heavy atom. The van der Waals surface area contributed by atoms with Crippen molar-refractivity contribution in [1.29, 1.82) is 0 Å². The summed E-state index contributed by atoms with van der Waals surface area (Å²) in [5, 5.41) is 3.16. The van der Waals surface area contributed by atoms with Crippen molar-refractivity contribution in [1.82, 2.24) is 14.1 Å². The van der Waals surface area contributed by atoms with Crippen molar-refractivity contribution in [2.45, 2.75) is 39.3 Å². The van der Waals surface area contributed by atoms with Crippen LogP contribution in [0.2, 0.25) is 5.02 Å². The Hall–Kier alpha value is -2.72. The molecule has 1 amide bonds. The molecule has 3 heterocycles. The zero-order valence-corrected chi connectivity index (χ0v) is 18.4. The van der Waals surface area contributed by atoms with Gasteiger partial charge in [-0.2, -0.15) is 0 Å². The van der Waals surface area contributed by atoms with Crippen molar-refractivity contribution < 1.29 is 9.18 Å². The molecule has 31 heavy (non-hydrogen) atoms. The second-order valence-corrected chi connectivity index (χ2v) is 8.73. The monoisotopic (exact) mass is 465 g/mol. The third-order valence-electron chi connectivity index (χ3n) is 5.08. The number of rotatable bonds is 6. The number of fused-ring (bicyclic) bond motifs is 1. The number of halogens is 2. The number of benzene rings is 1. The molecule has 164 valence electrons. The van der Waals surface area contributed by atoms with E-state index in [1.807, 2.05) is 6.92 Å². The van der Waals surface area contributed by atoms with E-state index in [1.54, 1.807) is 0 Å². The van der Waals surface area contributed by atoms with Gasteiger partial charge < -0.3 is 10.2 Å². The maximum absolute atomic E-state index is 13.4. The summed E-state index contributed by atoms with van der Waals surface area (Å²) in [5.74, 6) is -1.11. The molecule has 0 saturated carbocycles. The van der Waals surface area contributed by atoms with Gasteiger partial charge in [0.05, 0.1) is 5.02 Å². The number of amides is 1. The van der Waals surface area contributed by atoms with E-state index in [2.05, 4.69) is 15.2 Å². The lowest BCUT2D eigenvalue weighted by Gasteiger charge is -2.12. The lowest BCUT2D eigenvalue weighted by molar-refractivity contribution is -0.116. The van der Waals surface area contributed by atoms with Gasteiger partial charge in [0.1, 0.15) is 17.1 Å². The molecule has 1 aromatic carbocycles. The SMILES string of the molecule is CCCn1c(=O)c2sc(N3CCCC3)nc2n(CC(=O)Nc2ccc(F)c(Cl)c2)c1=O. The molecule has 4 rings (SSSR count). The highest BCUT2D eigenvalue weighted by atomic mass is 35.5. The van der Waals surface area contributed by atoms with E-state index in [0.717, 1.165) is 36.6 Å². The number of hydrogen-bond acceptors (Lipinski definition) is 6. The number of hydrogen-bond donors (Lipinski definition) is 1. The van der Waals surface area contributed by atoms with Crippen molar-refractivity contribution in [3.8, 4) is 0 Å². The lowest BCUT2D eigenvalue weighted by Crippen LogP contribution is -2.41. The average Bonchev–Trinajstić information content (AvgIpc) is 3.41. The van der Waals surface area contributed by atoms with E-state index >= 15 is 0 Å². The smallest absolute Gasteiger partial charge is 0.333 e. The zero-order valence-electron chi connectivity index (χ0n) is 16.9. The molecule has 0 radical (unpaired) electrons. The van der Waals surface area contributed by atoms with Crippen molar-refractivity contribution in [3.05, 3.63) is 49.9 Å². The molecule has 8 nitrogen and oxygen atoms in total. The third kappa shape index (κ3) is 4.22. The van der Waals surface area contributed by atoms with Crippen molar-refractivity contribution in [3.63, 3.8) is 0 Å². The van der Waals surface area contributed by atoms with Crippen LogP contribution < -0.4 is 21.5 Å². The topological polar surface area (TPSA) is 89.2 Å². The quantitative estimate of drug-likeness (QED) is 0.604. The number of carbonyl (C=O) groups excluding carboxylic acids is 1. The Morgan fingerprint density at radius 2 is 2.00 bits per heavy atom. The van der Waals surface area contributed by atoms with Crippen LogP contribution in [0, 0.1) is 5.82 Å². The Bertz CT molecular complexity index is 1260. The highest BCUT2D eigenvalue weighted by molar-refractivity contribution is 7.22. The molecule has 0 bridgehead atoms. The minimum Gasteiger partial charge on any atom is -0.348 e. The average molecular weight is 466 g/mol. The maximum atomic E-state index is 13.4. The van der Waals surface area contributed by atoms with Gasteiger partial charge in [0.15, 0.2) is 10.8 Å². The highest BCUT2D eigenvalue weighted by Crippen LogP contribution is 2.28. The second kappa shape index (κ2) is 8.80. The molecule has 0 aliphatic carbocycles. The first-order valence-electron chi connectivity index (χ1n) is 10.0. The number of anilines is 2. The predicted octanol–water partition coefficient (Wildman–Crippen LogP) is 3.06. The van der Waals surface area contributed by atoms with Gasteiger partial charge in [-0.15, -0.1) is 0 Å².